The first-order valence-electron chi connectivity index (χ1n) is 9.10. The fourth-order valence-electron chi connectivity index (χ4n) is 3.06. The number of nitrogens with zero attached hydrogens (tertiary/aromatic N) is 2. The lowest BCUT2D eigenvalue weighted by atomic mass is 10.2. The Kier molecular flexibility index (Phi) is 7.12. The maximum absolute atomic E-state index is 12.1. The van der Waals surface area contributed by atoms with E-state index in [1.807, 2.05) is 36.6 Å². The van der Waals surface area contributed by atoms with Crippen LogP contribution in [0, 0.1) is 6.92 Å². The number of carbonyl (C=O) groups is 1. The number of carbonyl (C=O) groups excluding carboxylic acids is 1. The first kappa shape index (κ1) is 20.1. The van der Waals surface area contributed by atoms with Gasteiger partial charge in [0.05, 0.1) is 12.2 Å². The van der Waals surface area contributed by atoms with Crippen LogP contribution < -0.4 is 10.6 Å². The van der Waals surface area contributed by atoms with Crippen LogP contribution in [0.3, 0.4) is 0 Å². The van der Waals surface area contributed by atoms with E-state index in [1.54, 1.807) is 23.1 Å². The molecule has 1 aliphatic rings. The molecule has 0 radical (unpaired) electrons. The Morgan fingerprint density at radius 3 is 2.63 bits per heavy atom. The second-order valence-electron chi connectivity index (χ2n) is 6.78. The zero-order chi connectivity index (χ0) is 19.2. The lowest BCUT2D eigenvalue weighted by Crippen LogP contribution is -2.48. The molecule has 27 heavy (non-hydrogen) atoms. The van der Waals surface area contributed by atoms with Crippen LogP contribution in [0.2, 0.25) is 0 Å². The lowest BCUT2D eigenvalue weighted by Gasteiger charge is -2.35. The Bertz CT molecular complexity index is 740. The van der Waals surface area contributed by atoms with Crippen molar-refractivity contribution < 1.29 is 9.53 Å². The monoisotopic (exact) mass is 406 g/mol. The molecule has 8 heteroatoms. The summed E-state index contributed by atoms with van der Waals surface area (Å²) >= 11 is 3.27. The molecular formula is C19H26N4O2S2. The molecule has 2 heterocycles. The lowest BCUT2D eigenvalue weighted by molar-refractivity contribution is -0.0672. The molecule has 0 bridgehead atoms. The molecule has 2 amide bonds. The Morgan fingerprint density at radius 2 is 2.00 bits per heavy atom. The summed E-state index contributed by atoms with van der Waals surface area (Å²) in [6, 6.07) is 7.63. The van der Waals surface area contributed by atoms with Crippen molar-refractivity contribution in [3.8, 4) is 0 Å². The van der Waals surface area contributed by atoms with Crippen LogP contribution in [0.5, 0.6) is 0 Å². The van der Waals surface area contributed by atoms with Gasteiger partial charge in [-0.1, -0.05) is 11.8 Å². The smallest absolute Gasteiger partial charge is 0.319 e. The van der Waals surface area contributed by atoms with E-state index in [9.17, 15) is 4.79 Å². The summed E-state index contributed by atoms with van der Waals surface area (Å²) in [7, 11) is 0. The standard InChI is InChI=1S/C19H26N4O2S2/c1-13-12-26-19(21-13)27-17-6-4-16(5-7-17)22-18(24)20-8-9-23-10-14(2)25-15(3)11-23/h4-7,12,14-15H,8-11H2,1-3H3,(H2,20,22,24). The first-order chi connectivity index (χ1) is 13.0. The van der Waals surface area contributed by atoms with Crippen molar-refractivity contribution in [2.45, 2.75) is 42.2 Å². The molecular weight excluding hydrogens is 380 g/mol. The van der Waals surface area contributed by atoms with Crippen LogP contribution in [0.4, 0.5) is 10.5 Å². The number of hydrogen-bond donors (Lipinski definition) is 2. The molecule has 1 aromatic carbocycles. The van der Waals surface area contributed by atoms with Gasteiger partial charge in [0.25, 0.3) is 0 Å². The van der Waals surface area contributed by atoms with Crippen molar-refractivity contribution in [3.05, 3.63) is 35.3 Å². The number of rotatable bonds is 6. The van der Waals surface area contributed by atoms with E-state index in [-0.39, 0.29) is 18.2 Å². The third kappa shape index (κ3) is 6.49. The molecule has 2 atom stereocenters. The Hall–Kier alpha value is -1.61. The van der Waals surface area contributed by atoms with Gasteiger partial charge in [0.15, 0.2) is 4.34 Å². The molecule has 0 saturated carbocycles. The summed E-state index contributed by atoms with van der Waals surface area (Å²) < 4.78 is 6.75. The highest BCUT2D eigenvalue weighted by Gasteiger charge is 2.21. The first-order valence-corrected chi connectivity index (χ1v) is 10.8. The van der Waals surface area contributed by atoms with Gasteiger partial charge in [0, 0.05) is 47.8 Å². The Morgan fingerprint density at radius 1 is 1.30 bits per heavy atom. The van der Waals surface area contributed by atoms with Crippen molar-refractivity contribution in [1.29, 1.82) is 0 Å². The molecule has 2 unspecified atom stereocenters. The van der Waals surface area contributed by atoms with E-state index in [2.05, 4.69) is 34.4 Å². The van der Waals surface area contributed by atoms with Gasteiger partial charge in [-0.25, -0.2) is 9.78 Å². The molecule has 1 aliphatic heterocycles. The molecule has 2 aromatic rings. The van der Waals surface area contributed by atoms with E-state index in [0.717, 1.165) is 40.3 Å². The highest BCUT2D eigenvalue weighted by Crippen LogP contribution is 2.30. The van der Waals surface area contributed by atoms with Gasteiger partial charge in [-0.2, -0.15) is 0 Å². The summed E-state index contributed by atoms with van der Waals surface area (Å²) in [5, 5.41) is 7.84. The predicted octanol–water partition coefficient (Wildman–Crippen LogP) is 3.83. The fraction of sp³-hybridized carbons (Fsp3) is 0.474. The highest BCUT2D eigenvalue weighted by molar-refractivity contribution is 8.01. The number of nitrogens with one attached hydrogen (secondary N) is 2. The summed E-state index contributed by atoms with van der Waals surface area (Å²) in [5.74, 6) is 0. The Labute approximate surface area is 168 Å². The summed E-state index contributed by atoms with van der Waals surface area (Å²) in [6.07, 6.45) is 0.486. The van der Waals surface area contributed by atoms with Crippen LogP contribution >= 0.6 is 23.1 Å². The second kappa shape index (κ2) is 9.54. The Balaban J connectivity index is 1.40. The van der Waals surface area contributed by atoms with E-state index in [1.165, 1.54) is 0 Å². The molecule has 146 valence electrons. The zero-order valence-electron chi connectivity index (χ0n) is 15.9. The minimum atomic E-state index is -0.180. The van der Waals surface area contributed by atoms with E-state index < -0.39 is 0 Å². The number of anilines is 1. The van der Waals surface area contributed by atoms with Crippen molar-refractivity contribution in [2.75, 3.05) is 31.5 Å². The minimum Gasteiger partial charge on any atom is -0.373 e. The average molecular weight is 407 g/mol. The van der Waals surface area contributed by atoms with Crippen molar-refractivity contribution in [3.63, 3.8) is 0 Å². The SMILES string of the molecule is Cc1csc(Sc2ccc(NC(=O)NCCN3CC(C)OC(C)C3)cc2)n1. The summed E-state index contributed by atoms with van der Waals surface area (Å²) in [4.78, 5) is 20.0. The van der Waals surface area contributed by atoms with Crippen LogP contribution in [-0.4, -0.2) is 54.3 Å². The average Bonchev–Trinajstić information content (AvgIpc) is 3.01. The van der Waals surface area contributed by atoms with Crippen LogP contribution in [0.25, 0.3) is 0 Å². The molecule has 3 rings (SSSR count). The number of aromatic nitrogens is 1. The minimum absolute atomic E-state index is 0.180. The highest BCUT2D eigenvalue weighted by atomic mass is 32.2. The number of aryl methyl sites for hydroxylation is 1. The number of amides is 2. The zero-order valence-corrected chi connectivity index (χ0v) is 17.5. The summed E-state index contributed by atoms with van der Waals surface area (Å²) in [5.41, 5.74) is 1.82. The second-order valence-corrected chi connectivity index (χ2v) is 8.96. The third-order valence-electron chi connectivity index (χ3n) is 4.12. The van der Waals surface area contributed by atoms with Crippen molar-refractivity contribution in [2.24, 2.45) is 0 Å². The van der Waals surface area contributed by atoms with Gasteiger partial charge >= 0.3 is 6.03 Å². The van der Waals surface area contributed by atoms with E-state index in [4.69, 9.17) is 4.74 Å². The fourth-order valence-corrected chi connectivity index (χ4v) is 4.87. The molecule has 0 aliphatic carbocycles. The quantitative estimate of drug-likeness (QED) is 0.763. The summed E-state index contributed by atoms with van der Waals surface area (Å²) in [6.45, 7) is 9.42. The number of urea groups is 1. The molecule has 1 aromatic heterocycles. The van der Waals surface area contributed by atoms with Crippen LogP contribution in [-0.2, 0) is 4.74 Å². The number of morpholine rings is 1. The topological polar surface area (TPSA) is 66.5 Å². The molecule has 1 saturated heterocycles. The van der Waals surface area contributed by atoms with Gasteiger partial charge in [-0.3, -0.25) is 4.90 Å². The van der Waals surface area contributed by atoms with Crippen molar-refractivity contribution in [1.82, 2.24) is 15.2 Å². The largest absolute Gasteiger partial charge is 0.373 e. The van der Waals surface area contributed by atoms with Gasteiger partial charge in [0.2, 0.25) is 0 Å². The number of benzene rings is 1. The predicted molar refractivity (Wildman–Crippen MR) is 111 cm³/mol. The van der Waals surface area contributed by atoms with Gasteiger partial charge in [-0.15, -0.1) is 11.3 Å². The molecule has 2 N–H and O–H groups in total. The maximum Gasteiger partial charge on any atom is 0.319 e. The van der Waals surface area contributed by atoms with Crippen LogP contribution in [0.1, 0.15) is 19.5 Å². The van der Waals surface area contributed by atoms with Gasteiger partial charge < -0.3 is 15.4 Å². The maximum atomic E-state index is 12.1. The number of thiazole rings is 1. The normalized spacial score (nSPS) is 20.4. The molecule has 1 fully saturated rings. The molecule has 0 spiro atoms. The number of hydrogen-bond acceptors (Lipinski definition) is 6. The van der Waals surface area contributed by atoms with Crippen molar-refractivity contribution >= 4 is 34.8 Å². The van der Waals surface area contributed by atoms with Gasteiger partial charge in [0.1, 0.15) is 0 Å². The van der Waals surface area contributed by atoms with Gasteiger partial charge in [-0.05, 0) is 45.0 Å². The van der Waals surface area contributed by atoms with E-state index >= 15 is 0 Å². The van der Waals surface area contributed by atoms with Crippen LogP contribution in [0.15, 0.2) is 38.9 Å². The number of ether oxygens (including phenoxy) is 1. The molecule has 6 nitrogen and oxygen atoms in total. The van der Waals surface area contributed by atoms with E-state index in [0.29, 0.717) is 6.54 Å². The third-order valence-corrected chi connectivity index (χ3v) is 6.19.